The van der Waals surface area contributed by atoms with E-state index in [4.69, 9.17) is 0 Å². The molecule has 0 aliphatic rings. The predicted octanol–water partition coefficient (Wildman–Crippen LogP) is 5.97. The van der Waals surface area contributed by atoms with Crippen LogP contribution < -0.4 is 0 Å². The van der Waals surface area contributed by atoms with Crippen LogP contribution in [0.25, 0.3) is 22.3 Å². The second-order valence-electron chi connectivity index (χ2n) is 7.35. The largest absolute Gasteiger partial charge is 0.507 e. The first kappa shape index (κ1) is 21.1. The fraction of sp³-hybridized carbons (Fsp3) is 0.0714. The lowest BCUT2D eigenvalue weighted by Crippen LogP contribution is -1.92. The summed E-state index contributed by atoms with van der Waals surface area (Å²) in [4.78, 5) is 8.79. The van der Waals surface area contributed by atoms with Crippen molar-refractivity contribution < 1.29 is 10.2 Å². The van der Waals surface area contributed by atoms with Crippen LogP contribution in [0.2, 0.25) is 0 Å². The first-order valence-corrected chi connectivity index (χ1v) is 10.5. The van der Waals surface area contributed by atoms with E-state index in [0.29, 0.717) is 24.2 Å². The summed E-state index contributed by atoms with van der Waals surface area (Å²) in [6.07, 6.45) is 3.34. The van der Waals surface area contributed by atoms with Gasteiger partial charge in [0.25, 0.3) is 0 Å². The first-order chi connectivity index (χ1) is 15.7. The minimum Gasteiger partial charge on any atom is -0.507 e. The van der Waals surface area contributed by atoms with Gasteiger partial charge in [-0.15, -0.1) is 0 Å². The standard InChI is InChI=1S/C28H24N2O2/c31-27-13-11-23(21-7-3-1-4-8-21)17-25(27)19-29-15-16-30-20-26-18-24(12-14-28(26)32)22-9-5-2-6-10-22/h1-14,17-20,31-32H,15-16H2. The highest BCUT2D eigenvalue weighted by atomic mass is 16.3. The van der Waals surface area contributed by atoms with E-state index in [1.165, 1.54) is 0 Å². The van der Waals surface area contributed by atoms with Crippen molar-refractivity contribution in [3.63, 3.8) is 0 Å². The zero-order chi connectivity index (χ0) is 22.2. The number of aliphatic imine (C=N–C) groups is 2. The van der Waals surface area contributed by atoms with E-state index in [0.717, 1.165) is 22.3 Å². The number of phenolic OH excluding ortho intramolecular Hbond substituents is 2. The molecule has 32 heavy (non-hydrogen) atoms. The van der Waals surface area contributed by atoms with Gasteiger partial charge in [-0.05, 0) is 46.5 Å². The summed E-state index contributed by atoms with van der Waals surface area (Å²) < 4.78 is 0. The maximum atomic E-state index is 10.1. The number of rotatable bonds is 7. The number of nitrogens with zero attached hydrogens (tertiary/aromatic N) is 2. The molecule has 0 aromatic heterocycles. The summed E-state index contributed by atoms with van der Waals surface area (Å²) >= 11 is 0. The molecule has 4 aromatic carbocycles. The Kier molecular flexibility index (Phi) is 6.73. The zero-order valence-electron chi connectivity index (χ0n) is 17.6. The highest BCUT2D eigenvalue weighted by Crippen LogP contribution is 2.26. The highest BCUT2D eigenvalue weighted by molar-refractivity contribution is 5.87. The van der Waals surface area contributed by atoms with Gasteiger partial charge in [0.2, 0.25) is 0 Å². The smallest absolute Gasteiger partial charge is 0.124 e. The van der Waals surface area contributed by atoms with Crippen LogP contribution in [-0.2, 0) is 0 Å². The summed E-state index contributed by atoms with van der Waals surface area (Å²) in [6.45, 7) is 0.954. The zero-order valence-corrected chi connectivity index (χ0v) is 17.6. The monoisotopic (exact) mass is 420 g/mol. The van der Waals surface area contributed by atoms with Crippen LogP contribution in [0.5, 0.6) is 11.5 Å². The van der Waals surface area contributed by atoms with E-state index in [9.17, 15) is 10.2 Å². The lowest BCUT2D eigenvalue weighted by atomic mass is 10.0. The van der Waals surface area contributed by atoms with Crippen molar-refractivity contribution in [2.45, 2.75) is 0 Å². The van der Waals surface area contributed by atoms with Crippen LogP contribution >= 0.6 is 0 Å². The summed E-state index contributed by atoms with van der Waals surface area (Å²) in [5.41, 5.74) is 5.56. The first-order valence-electron chi connectivity index (χ1n) is 10.5. The number of aromatic hydroxyl groups is 2. The number of hydrogen-bond acceptors (Lipinski definition) is 4. The Bertz CT molecular complexity index is 1130. The second-order valence-corrected chi connectivity index (χ2v) is 7.35. The molecule has 4 heteroatoms. The molecule has 4 aromatic rings. The van der Waals surface area contributed by atoms with E-state index in [1.54, 1.807) is 24.6 Å². The van der Waals surface area contributed by atoms with Crippen LogP contribution in [-0.4, -0.2) is 35.7 Å². The average molecular weight is 421 g/mol. The molecule has 0 saturated carbocycles. The normalized spacial score (nSPS) is 11.4. The molecule has 4 nitrogen and oxygen atoms in total. The molecule has 0 spiro atoms. The van der Waals surface area contributed by atoms with Crippen molar-refractivity contribution in [2.75, 3.05) is 13.1 Å². The van der Waals surface area contributed by atoms with Crippen molar-refractivity contribution in [3.8, 4) is 33.8 Å². The Morgan fingerprint density at radius 2 is 0.906 bits per heavy atom. The van der Waals surface area contributed by atoms with Crippen molar-refractivity contribution in [3.05, 3.63) is 108 Å². The lowest BCUT2D eigenvalue weighted by Gasteiger charge is -2.05. The molecule has 0 heterocycles. The Hall–Kier alpha value is -4.18. The van der Waals surface area contributed by atoms with E-state index >= 15 is 0 Å². The summed E-state index contributed by atoms with van der Waals surface area (Å²) in [5.74, 6) is 0.388. The number of hydrogen-bond donors (Lipinski definition) is 2. The van der Waals surface area contributed by atoms with E-state index in [1.807, 2.05) is 84.9 Å². The molecular formula is C28H24N2O2. The van der Waals surface area contributed by atoms with Gasteiger partial charge in [-0.2, -0.15) is 0 Å². The molecule has 2 N–H and O–H groups in total. The topological polar surface area (TPSA) is 65.2 Å². The highest BCUT2D eigenvalue weighted by Gasteiger charge is 2.04. The van der Waals surface area contributed by atoms with Gasteiger partial charge in [-0.3, -0.25) is 9.98 Å². The SMILES string of the molecule is Oc1ccc(-c2ccccc2)cc1C=NCCN=Cc1cc(-c2ccccc2)ccc1O. The van der Waals surface area contributed by atoms with Crippen LogP contribution in [0, 0.1) is 0 Å². The Balaban J connectivity index is 1.38. The van der Waals surface area contributed by atoms with Crippen LogP contribution in [0.4, 0.5) is 0 Å². The fourth-order valence-corrected chi connectivity index (χ4v) is 3.38. The molecule has 0 fully saturated rings. The van der Waals surface area contributed by atoms with E-state index < -0.39 is 0 Å². The minimum absolute atomic E-state index is 0.194. The summed E-state index contributed by atoms with van der Waals surface area (Å²) in [7, 11) is 0. The predicted molar refractivity (Wildman–Crippen MR) is 132 cm³/mol. The third-order valence-electron chi connectivity index (χ3n) is 5.09. The van der Waals surface area contributed by atoms with Gasteiger partial charge in [0.1, 0.15) is 11.5 Å². The summed E-state index contributed by atoms with van der Waals surface area (Å²) in [6, 6.07) is 31.0. The van der Waals surface area contributed by atoms with Crippen molar-refractivity contribution >= 4 is 12.4 Å². The number of benzene rings is 4. The van der Waals surface area contributed by atoms with Gasteiger partial charge in [0.05, 0.1) is 13.1 Å². The van der Waals surface area contributed by atoms with Gasteiger partial charge in [0, 0.05) is 23.6 Å². The molecule has 0 saturated heterocycles. The molecule has 4 rings (SSSR count). The molecule has 0 aliphatic heterocycles. The molecule has 0 aliphatic carbocycles. The third-order valence-corrected chi connectivity index (χ3v) is 5.09. The molecule has 158 valence electrons. The molecule has 0 bridgehead atoms. The van der Waals surface area contributed by atoms with Gasteiger partial charge in [-0.1, -0.05) is 72.8 Å². The molecule has 0 amide bonds. The van der Waals surface area contributed by atoms with Gasteiger partial charge < -0.3 is 10.2 Å². The fourth-order valence-electron chi connectivity index (χ4n) is 3.38. The molecule has 0 unspecified atom stereocenters. The quantitative estimate of drug-likeness (QED) is 0.286. The lowest BCUT2D eigenvalue weighted by molar-refractivity contribution is 0.474. The summed E-state index contributed by atoms with van der Waals surface area (Å²) in [5, 5.41) is 20.3. The van der Waals surface area contributed by atoms with Crippen molar-refractivity contribution in [2.24, 2.45) is 9.98 Å². The Labute approximate surface area is 187 Å². The Morgan fingerprint density at radius 3 is 1.31 bits per heavy atom. The maximum Gasteiger partial charge on any atom is 0.124 e. The van der Waals surface area contributed by atoms with Crippen molar-refractivity contribution in [1.29, 1.82) is 0 Å². The van der Waals surface area contributed by atoms with Crippen LogP contribution in [0.15, 0.2) is 107 Å². The number of phenols is 2. The van der Waals surface area contributed by atoms with Gasteiger partial charge in [0.15, 0.2) is 0 Å². The minimum atomic E-state index is 0.194. The van der Waals surface area contributed by atoms with E-state index in [-0.39, 0.29) is 11.5 Å². The van der Waals surface area contributed by atoms with Gasteiger partial charge in [-0.25, -0.2) is 0 Å². The van der Waals surface area contributed by atoms with Crippen molar-refractivity contribution in [1.82, 2.24) is 0 Å². The second kappa shape index (κ2) is 10.2. The molecule has 0 radical (unpaired) electrons. The van der Waals surface area contributed by atoms with Crippen LogP contribution in [0.1, 0.15) is 11.1 Å². The van der Waals surface area contributed by atoms with Crippen LogP contribution in [0.3, 0.4) is 0 Å². The third kappa shape index (κ3) is 5.29. The molecular weight excluding hydrogens is 396 g/mol. The molecule has 0 atom stereocenters. The van der Waals surface area contributed by atoms with E-state index in [2.05, 4.69) is 9.98 Å². The Morgan fingerprint density at radius 1 is 0.500 bits per heavy atom. The maximum absolute atomic E-state index is 10.1. The average Bonchev–Trinajstić information content (AvgIpc) is 2.84. The van der Waals surface area contributed by atoms with Gasteiger partial charge >= 0.3 is 0 Å².